The van der Waals surface area contributed by atoms with Crippen LogP contribution < -0.4 is 10.6 Å². The van der Waals surface area contributed by atoms with Crippen LogP contribution in [0.25, 0.3) is 0 Å². The SMILES string of the molecule is [2H]C([2H])([2H])[C@@H]1CNC[C@@H]1NC(=O)OC(C)(C)C. The molecule has 0 aromatic rings. The molecule has 82 valence electrons. The Morgan fingerprint density at radius 3 is 2.86 bits per heavy atom. The number of amides is 1. The minimum atomic E-state index is -2.07. The number of ether oxygens (including phenoxy) is 1. The van der Waals surface area contributed by atoms with Gasteiger partial charge in [-0.1, -0.05) is 6.85 Å². The zero-order valence-corrected chi connectivity index (χ0v) is 8.89. The highest BCUT2D eigenvalue weighted by Gasteiger charge is 2.26. The average Bonchev–Trinajstić information content (AvgIpc) is 2.46. The van der Waals surface area contributed by atoms with Crippen molar-refractivity contribution in [3.05, 3.63) is 0 Å². The van der Waals surface area contributed by atoms with Gasteiger partial charge < -0.3 is 15.4 Å². The van der Waals surface area contributed by atoms with Gasteiger partial charge in [0.05, 0.1) is 0 Å². The Morgan fingerprint density at radius 2 is 2.29 bits per heavy atom. The topological polar surface area (TPSA) is 50.4 Å². The number of nitrogens with one attached hydrogen (secondary N) is 2. The molecule has 1 aliphatic heterocycles. The van der Waals surface area contributed by atoms with Crippen LogP contribution in [0.15, 0.2) is 0 Å². The third-order valence-corrected chi connectivity index (χ3v) is 1.92. The van der Waals surface area contributed by atoms with E-state index >= 15 is 0 Å². The lowest BCUT2D eigenvalue weighted by Crippen LogP contribution is -2.42. The highest BCUT2D eigenvalue weighted by Crippen LogP contribution is 2.10. The van der Waals surface area contributed by atoms with Gasteiger partial charge in [-0.05, 0) is 33.2 Å². The Labute approximate surface area is 89.6 Å². The van der Waals surface area contributed by atoms with E-state index in [0.717, 1.165) is 0 Å². The Bertz CT molecular complexity index is 286. The number of hydrogen-bond donors (Lipinski definition) is 2. The highest BCUT2D eigenvalue weighted by molar-refractivity contribution is 5.68. The van der Waals surface area contributed by atoms with Crippen molar-refractivity contribution in [2.45, 2.75) is 39.3 Å². The Balaban J connectivity index is 2.54. The molecular formula is C10H20N2O2. The van der Waals surface area contributed by atoms with Gasteiger partial charge in [-0.25, -0.2) is 4.79 Å². The van der Waals surface area contributed by atoms with Gasteiger partial charge in [-0.2, -0.15) is 0 Å². The second-order valence-corrected chi connectivity index (χ2v) is 4.52. The summed E-state index contributed by atoms with van der Waals surface area (Å²) < 4.78 is 27.3. The molecule has 0 aromatic heterocycles. The first-order valence-corrected chi connectivity index (χ1v) is 4.80. The maximum atomic E-state index is 11.5. The van der Waals surface area contributed by atoms with Gasteiger partial charge in [0.1, 0.15) is 5.60 Å². The van der Waals surface area contributed by atoms with Gasteiger partial charge in [-0.3, -0.25) is 0 Å². The van der Waals surface area contributed by atoms with Crippen molar-refractivity contribution in [2.75, 3.05) is 13.1 Å². The molecule has 0 radical (unpaired) electrons. The molecule has 0 spiro atoms. The summed E-state index contributed by atoms with van der Waals surface area (Å²) >= 11 is 0. The molecule has 14 heavy (non-hydrogen) atoms. The Hall–Kier alpha value is -0.770. The fourth-order valence-electron chi connectivity index (χ4n) is 1.29. The molecule has 0 saturated carbocycles. The molecule has 1 rings (SSSR count). The summed E-state index contributed by atoms with van der Waals surface area (Å²) in [5.74, 6) is -0.560. The van der Waals surface area contributed by atoms with Crippen molar-refractivity contribution >= 4 is 6.09 Å². The molecule has 4 nitrogen and oxygen atoms in total. The predicted octanol–water partition coefficient (Wildman–Crippen LogP) is 1.12. The zero-order valence-electron chi connectivity index (χ0n) is 11.9. The second-order valence-electron chi connectivity index (χ2n) is 4.52. The summed E-state index contributed by atoms with van der Waals surface area (Å²) in [6.07, 6.45) is -0.569. The van der Waals surface area contributed by atoms with E-state index in [-0.39, 0.29) is 0 Å². The maximum Gasteiger partial charge on any atom is 0.407 e. The molecule has 2 N–H and O–H groups in total. The summed E-state index contributed by atoms with van der Waals surface area (Å²) in [5.41, 5.74) is -0.578. The smallest absolute Gasteiger partial charge is 0.407 e. The lowest BCUT2D eigenvalue weighted by Gasteiger charge is -2.22. The number of hydrogen-bond acceptors (Lipinski definition) is 3. The zero-order chi connectivity index (χ0) is 13.3. The summed E-state index contributed by atoms with van der Waals surface area (Å²) in [6.45, 7) is 4.07. The first-order chi connectivity index (χ1) is 7.59. The van der Waals surface area contributed by atoms with E-state index in [1.807, 2.05) is 0 Å². The van der Waals surface area contributed by atoms with Crippen molar-refractivity contribution in [3.8, 4) is 0 Å². The fourth-order valence-corrected chi connectivity index (χ4v) is 1.29. The van der Waals surface area contributed by atoms with Crippen molar-refractivity contribution < 1.29 is 13.6 Å². The van der Waals surface area contributed by atoms with Crippen molar-refractivity contribution in [2.24, 2.45) is 5.92 Å². The van der Waals surface area contributed by atoms with E-state index in [4.69, 9.17) is 8.85 Å². The first kappa shape index (κ1) is 7.51. The maximum absolute atomic E-state index is 11.5. The summed E-state index contributed by atoms with van der Waals surface area (Å²) in [4.78, 5) is 11.5. The highest BCUT2D eigenvalue weighted by atomic mass is 16.6. The predicted molar refractivity (Wildman–Crippen MR) is 55.2 cm³/mol. The molecule has 4 heteroatoms. The standard InChI is InChI=1S/C10H20N2O2/c1-7-5-11-6-8(7)12-9(13)14-10(2,3)4/h7-8,11H,5-6H2,1-4H3,(H,12,13)/t7-,8+/m1/s1/i1D3. The Morgan fingerprint density at radius 1 is 1.57 bits per heavy atom. The third-order valence-electron chi connectivity index (χ3n) is 1.92. The number of alkyl carbamates (subject to hydrolysis) is 1. The first-order valence-electron chi connectivity index (χ1n) is 6.30. The minimum Gasteiger partial charge on any atom is -0.444 e. The van der Waals surface area contributed by atoms with Crippen LogP contribution in [0.1, 0.15) is 31.7 Å². The van der Waals surface area contributed by atoms with Gasteiger partial charge in [0.25, 0.3) is 0 Å². The van der Waals surface area contributed by atoms with Crippen LogP contribution in [-0.4, -0.2) is 30.8 Å². The minimum absolute atomic E-state index is 0.386. The average molecular weight is 203 g/mol. The molecule has 1 amide bonds. The van der Waals surface area contributed by atoms with Crippen LogP contribution in [0.4, 0.5) is 4.79 Å². The molecule has 1 saturated heterocycles. The van der Waals surface area contributed by atoms with Gasteiger partial charge in [-0.15, -0.1) is 0 Å². The van der Waals surface area contributed by atoms with Crippen LogP contribution in [0.5, 0.6) is 0 Å². The van der Waals surface area contributed by atoms with Crippen LogP contribution in [0, 0.1) is 5.92 Å². The monoisotopic (exact) mass is 203 g/mol. The summed E-state index contributed by atoms with van der Waals surface area (Å²) in [6, 6.07) is -0.405. The van der Waals surface area contributed by atoms with Gasteiger partial charge in [0.2, 0.25) is 0 Å². The van der Waals surface area contributed by atoms with E-state index in [1.165, 1.54) is 0 Å². The van der Waals surface area contributed by atoms with Crippen LogP contribution in [-0.2, 0) is 4.74 Å². The Kier molecular flexibility index (Phi) is 2.24. The third kappa shape index (κ3) is 3.54. The molecule has 1 heterocycles. The molecule has 1 fully saturated rings. The quantitative estimate of drug-likeness (QED) is 0.671. The van der Waals surface area contributed by atoms with Gasteiger partial charge in [0.15, 0.2) is 0 Å². The van der Waals surface area contributed by atoms with E-state index in [1.54, 1.807) is 20.8 Å². The molecule has 2 atom stereocenters. The lowest BCUT2D eigenvalue weighted by atomic mass is 10.1. The van der Waals surface area contributed by atoms with Gasteiger partial charge >= 0.3 is 6.09 Å². The molecule has 0 unspecified atom stereocenters. The van der Waals surface area contributed by atoms with E-state index < -0.39 is 30.5 Å². The molecule has 0 aromatic carbocycles. The van der Waals surface area contributed by atoms with E-state index in [2.05, 4.69) is 10.6 Å². The van der Waals surface area contributed by atoms with E-state index in [9.17, 15) is 4.79 Å². The molecule has 0 bridgehead atoms. The van der Waals surface area contributed by atoms with Crippen molar-refractivity contribution in [1.29, 1.82) is 0 Å². The normalized spacial score (nSPS) is 31.5. The second kappa shape index (κ2) is 4.17. The molecule has 0 aliphatic carbocycles. The van der Waals surface area contributed by atoms with Crippen molar-refractivity contribution in [1.82, 2.24) is 10.6 Å². The lowest BCUT2D eigenvalue weighted by molar-refractivity contribution is 0.0499. The number of carbonyl (C=O) groups excluding carboxylic acids is 1. The number of rotatable bonds is 1. The van der Waals surface area contributed by atoms with Crippen LogP contribution in [0.2, 0.25) is 0 Å². The largest absolute Gasteiger partial charge is 0.444 e. The molecular weight excluding hydrogens is 180 g/mol. The number of carbonyl (C=O) groups is 1. The van der Waals surface area contributed by atoms with E-state index in [0.29, 0.717) is 13.1 Å². The molecule has 1 aliphatic rings. The summed E-state index contributed by atoms with van der Waals surface area (Å²) in [5, 5.41) is 5.58. The van der Waals surface area contributed by atoms with Crippen LogP contribution in [0.3, 0.4) is 0 Å². The van der Waals surface area contributed by atoms with Crippen molar-refractivity contribution in [3.63, 3.8) is 0 Å². The summed E-state index contributed by atoms with van der Waals surface area (Å²) in [7, 11) is 0. The van der Waals surface area contributed by atoms with Crippen LogP contribution >= 0.6 is 0 Å². The fraction of sp³-hybridized carbons (Fsp3) is 0.900. The van der Waals surface area contributed by atoms with Gasteiger partial charge in [0, 0.05) is 16.7 Å².